The Morgan fingerprint density at radius 3 is 2.88 bits per heavy atom. The van der Waals surface area contributed by atoms with Crippen LogP contribution < -0.4 is 11.1 Å². The van der Waals surface area contributed by atoms with Crippen molar-refractivity contribution in [3.63, 3.8) is 0 Å². The topological polar surface area (TPSA) is 115 Å². The second-order valence-corrected chi connectivity index (χ2v) is 3.66. The van der Waals surface area contributed by atoms with Crippen molar-refractivity contribution in [3.05, 3.63) is 17.7 Å². The van der Waals surface area contributed by atoms with Crippen molar-refractivity contribution in [1.29, 1.82) is 0 Å². The lowest BCUT2D eigenvalue weighted by Crippen LogP contribution is -2.19. The van der Waals surface area contributed by atoms with E-state index in [0.717, 1.165) is 11.4 Å². The Balaban J connectivity index is 2.03. The Labute approximate surface area is 97.2 Å². The number of rotatable bonds is 3. The van der Waals surface area contributed by atoms with Crippen LogP contribution in [0.4, 0.5) is 11.6 Å². The summed E-state index contributed by atoms with van der Waals surface area (Å²) in [6, 6.07) is 0. The largest absolute Gasteiger partial charge is 0.367 e. The van der Waals surface area contributed by atoms with Crippen molar-refractivity contribution in [1.82, 2.24) is 25.0 Å². The monoisotopic (exact) mass is 235 g/mol. The molecule has 0 fully saturated rings. The third-order valence-electron chi connectivity index (χ3n) is 2.25. The number of aryl methyl sites for hydroxylation is 2. The minimum atomic E-state index is -0.206. The van der Waals surface area contributed by atoms with E-state index in [1.807, 2.05) is 13.8 Å². The number of hydrogen-bond donors (Lipinski definition) is 3. The zero-order valence-corrected chi connectivity index (χ0v) is 9.56. The fourth-order valence-electron chi connectivity index (χ4n) is 1.45. The van der Waals surface area contributed by atoms with Gasteiger partial charge >= 0.3 is 0 Å². The summed E-state index contributed by atoms with van der Waals surface area (Å²) >= 11 is 0. The molecule has 4 N–H and O–H groups in total. The number of nitrogen functional groups attached to an aromatic ring is 1. The molecule has 0 atom stereocenters. The number of anilines is 2. The van der Waals surface area contributed by atoms with Crippen LogP contribution in [-0.2, 0) is 11.3 Å². The van der Waals surface area contributed by atoms with E-state index in [-0.39, 0.29) is 18.4 Å². The highest BCUT2D eigenvalue weighted by Crippen LogP contribution is 2.15. The van der Waals surface area contributed by atoms with E-state index in [1.165, 1.54) is 11.0 Å². The van der Waals surface area contributed by atoms with Gasteiger partial charge in [-0.1, -0.05) is 0 Å². The van der Waals surface area contributed by atoms with E-state index in [9.17, 15) is 4.79 Å². The lowest BCUT2D eigenvalue weighted by molar-refractivity contribution is -0.116. The normalized spacial score (nSPS) is 10.5. The number of nitrogens with zero attached hydrogens (tertiary/aromatic N) is 4. The van der Waals surface area contributed by atoms with E-state index < -0.39 is 0 Å². The fraction of sp³-hybridized carbons (Fsp3) is 0.333. The standard InChI is InChI=1S/C9H13N7O/c1-5-8(6(2)14-13-5)12-7(17)3-16-4-11-9(10)15-16/h4H,3H2,1-2H3,(H2,10,15)(H,12,17)(H,13,14). The van der Waals surface area contributed by atoms with Gasteiger partial charge in [-0.3, -0.25) is 9.89 Å². The molecule has 0 bridgehead atoms. The van der Waals surface area contributed by atoms with Crippen molar-refractivity contribution in [3.8, 4) is 0 Å². The molecule has 0 radical (unpaired) electrons. The molecule has 8 nitrogen and oxygen atoms in total. The number of nitrogens with one attached hydrogen (secondary N) is 2. The minimum absolute atomic E-state index is 0.0637. The fourth-order valence-corrected chi connectivity index (χ4v) is 1.45. The zero-order valence-electron chi connectivity index (χ0n) is 9.56. The van der Waals surface area contributed by atoms with Gasteiger partial charge in [-0.2, -0.15) is 5.10 Å². The summed E-state index contributed by atoms with van der Waals surface area (Å²) in [6.07, 6.45) is 1.41. The number of carbonyl (C=O) groups is 1. The maximum absolute atomic E-state index is 11.7. The second-order valence-electron chi connectivity index (χ2n) is 3.66. The third kappa shape index (κ3) is 2.41. The molecule has 0 aromatic carbocycles. The first kappa shape index (κ1) is 11.1. The summed E-state index contributed by atoms with van der Waals surface area (Å²) in [5.41, 5.74) is 7.60. The first-order valence-corrected chi connectivity index (χ1v) is 5.02. The maximum atomic E-state index is 11.7. The summed E-state index contributed by atoms with van der Waals surface area (Å²) in [4.78, 5) is 15.4. The molecule has 0 aliphatic carbocycles. The molecule has 2 heterocycles. The molecular formula is C9H13N7O. The number of amides is 1. The molecule has 0 spiro atoms. The Morgan fingerprint density at radius 2 is 2.35 bits per heavy atom. The minimum Gasteiger partial charge on any atom is -0.367 e. The van der Waals surface area contributed by atoms with Crippen LogP contribution >= 0.6 is 0 Å². The molecule has 1 amide bonds. The quantitative estimate of drug-likeness (QED) is 0.683. The number of hydrogen-bond acceptors (Lipinski definition) is 5. The molecule has 0 saturated heterocycles. The van der Waals surface area contributed by atoms with Crippen LogP contribution in [0.3, 0.4) is 0 Å². The summed E-state index contributed by atoms with van der Waals surface area (Å²) in [6.45, 7) is 3.71. The average molecular weight is 235 g/mol. The predicted octanol–water partition coefficient (Wildman–Crippen LogP) is -0.161. The van der Waals surface area contributed by atoms with Crippen molar-refractivity contribution < 1.29 is 4.79 Å². The number of aromatic amines is 1. The molecule has 2 aromatic rings. The first-order valence-electron chi connectivity index (χ1n) is 5.02. The van der Waals surface area contributed by atoms with Crippen LogP contribution in [0.5, 0.6) is 0 Å². The molecular weight excluding hydrogens is 222 g/mol. The lowest BCUT2D eigenvalue weighted by atomic mass is 10.3. The Morgan fingerprint density at radius 1 is 1.59 bits per heavy atom. The van der Waals surface area contributed by atoms with Crippen molar-refractivity contribution >= 4 is 17.5 Å². The molecule has 0 unspecified atom stereocenters. The van der Waals surface area contributed by atoms with Gasteiger partial charge in [0.1, 0.15) is 12.9 Å². The van der Waals surface area contributed by atoms with Gasteiger partial charge in [0.05, 0.1) is 17.1 Å². The highest BCUT2D eigenvalue weighted by atomic mass is 16.2. The van der Waals surface area contributed by atoms with Gasteiger partial charge in [0.25, 0.3) is 0 Å². The maximum Gasteiger partial charge on any atom is 0.246 e. The molecule has 0 saturated carbocycles. The van der Waals surface area contributed by atoms with Crippen LogP contribution in [-0.4, -0.2) is 30.9 Å². The summed E-state index contributed by atoms with van der Waals surface area (Å²) in [5.74, 6) is -0.0593. The third-order valence-corrected chi connectivity index (χ3v) is 2.25. The van der Waals surface area contributed by atoms with E-state index in [4.69, 9.17) is 5.73 Å². The first-order chi connectivity index (χ1) is 8.06. The molecule has 17 heavy (non-hydrogen) atoms. The number of nitrogens with two attached hydrogens (primary N) is 1. The van der Waals surface area contributed by atoms with Crippen molar-refractivity contribution in [2.24, 2.45) is 0 Å². The molecule has 90 valence electrons. The van der Waals surface area contributed by atoms with Gasteiger partial charge in [0, 0.05) is 0 Å². The number of carbonyl (C=O) groups excluding carboxylic acids is 1. The van der Waals surface area contributed by atoms with E-state index in [1.54, 1.807) is 0 Å². The molecule has 0 aliphatic rings. The van der Waals surface area contributed by atoms with Crippen molar-refractivity contribution in [2.75, 3.05) is 11.1 Å². The Hall–Kier alpha value is -2.38. The van der Waals surface area contributed by atoms with Gasteiger partial charge in [0.2, 0.25) is 11.9 Å². The average Bonchev–Trinajstić information content (AvgIpc) is 2.79. The summed E-state index contributed by atoms with van der Waals surface area (Å²) < 4.78 is 1.37. The van der Waals surface area contributed by atoms with Crippen LogP contribution in [0.15, 0.2) is 6.33 Å². The van der Waals surface area contributed by atoms with Gasteiger partial charge in [-0.15, -0.1) is 5.10 Å². The van der Waals surface area contributed by atoms with Crippen LogP contribution in [0.2, 0.25) is 0 Å². The highest BCUT2D eigenvalue weighted by molar-refractivity contribution is 5.91. The summed E-state index contributed by atoms with van der Waals surface area (Å²) in [7, 11) is 0. The smallest absolute Gasteiger partial charge is 0.246 e. The van der Waals surface area contributed by atoms with Gasteiger partial charge in [-0.05, 0) is 13.8 Å². The SMILES string of the molecule is Cc1n[nH]c(C)c1NC(=O)Cn1cnc(N)n1. The zero-order chi connectivity index (χ0) is 12.4. The van der Waals surface area contributed by atoms with E-state index >= 15 is 0 Å². The van der Waals surface area contributed by atoms with Crippen molar-refractivity contribution in [2.45, 2.75) is 20.4 Å². The number of aromatic nitrogens is 5. The van der Waals surface area contributed by atoms with Crippen LogP contribution in [0.25, 0.3) is 0 Å². The number of H-pyrrole nitrogens is 1. The lowest BCUT2D eigenvalue weighted by Gasteiger charge is -2.04. The van der Waals surface area contributed by atoms with Gasteiger partial charge in [-0.25, -0.2) is 9.67 Å². The van der Waals surface area contributed by atoms with Gasteiger partial charge < -0.3 is 11.1 Å². The molecule has 2 rings (SSSR count). The van der Waals surface area contributed by atoms with E-state index in [2.05, 4.69) is 25.6 Å². The molecule has 8 heteroatoms. The molecule has 2 aromatic heterocycles. The van der Waals surface area contributed by atoms with Gasteiger partial charge in [0.15, 0.2) is 0 Å². The predicted molar refractivity (Wildman–Crippen MR) is 61.1 cm³/mol. The second kappa shape index (κ2) is 4.24. The van der Waals surface area contributed by atoms with E-state index in [0.29, 0.717) is 5.69 Å². The Bertz CT molecular complexity index is 522. The summed E-state index contributed by atoms with van der Waals surface area (Å²) in [5, 5.41) is 13.4. The van der Waals surface area contributed by atoms with Crippen LogP contribution in [0, 0.1) is 13.8 Å². The van der Waals surface area contributed by atoms with Crippen LogP contribution in [0.1, 0.15) is 11.4 Å². The highest BCUT2D eigenvalue weighted by Gasteiger charge is 2.11. The Kier molecular flexibility index (Phi) is 2.77. The molecule has 0 aliphatic heterocycles.